The second-order valence-electron chi connectivity index (χ2n) is 3.59. The Kier molecular flexibility index (Phi) is 3.33. The van der Waals surface area contributed by atoms with E-state index in [0.29, 0.717) is 28.8 Å². The van der Waals surface area contributed by atoms with Crippen molar-refractivity contribution in [3.8, 4) is 0 Å². The lowest BCUT2D eigenvalue weighted by Crippen LogP contribution is -2.22. The van der Waals surface area contributed by atoms with Crippen LogP contribution in [0.5, 0.6) is 0 Å². The summed E-state index contributed by atoms with van der Waals surface area (Å²) in [6, 6.07) is 4.72. The molecule has 1 aromatic carbocycles. The van der Waals surface area contributed by atoms with E-state index in [9.17, 15) is 9.59 Å². The van der Waals surface area contributed by atoms with Crippen molar-refractivity contribution in [2.45, 2.75) is 12.5 Å². The lowest BCUT2D eigenvalue weighted by molar-refractivity contribution is -0.145. The summed E-state index contributed by atoms with van der Waals surface area (Å²) in [5.74, 6) is -1.07. The third-order valence-corrected chi connectivity index (χ3v) is 3.09. The van der Waals surface area contributed by atoms with Gasteiger partial charge in [-0.1, -0.05) is 0 Å². The Morgan fingerprint density at radius 3 is 2.88 bits per heavy atom. The van der Waals surface area contributed by atoms with Crippen LogP contribution in [0.1, 0.15) is 16.8 Å². The minimum atomic E-state index is -0.799. The summed E-state index contributed by atoms with van der Waals surface area (Å²) >= 11 is 3.22. The zero-order chi connectivity index (χ0) is 12.4. The standard InChI is InChI=1S/C11H10BrNO4/c12-7-2-1-6(5-8(7)13)10(14)17-9-3-4-16-11(9)15/h1-2,5,9H,3-4,13H2. The molecule has 0 bridgehead atoms. The van der Waals surface area contributed by atoms with E-state index in [4.69, 9.17) is 15.2 Å². The second-order valence-corrected chi connectivity index (χ2v) is 4.44. The summed E-state index contributed by atoms with van der Waals surface area (Å²) in [5.41, 5.74) is 6.40. The fraction of sp³-hybridized carbons (Fsp3) is 0.273. The summed E-state index contributed by atoms with van der Waals surface area (Å²) in [6.45, 7) is 0.291. The molecule has 1 aliphatic rings. The van der Waals surface area contributed by atoms with Gasteiger partial charge in [0, 0.05) is 16.6 Å². The number of hydrogen-bond acceptors (Lipinski definition) is 5. The van der Waals surface area contributed by atoms with Crippen molar-refractivity contribution in [2.75, 3.05) is 12.3 Å². The van der Waals surface area contributed by atoms with Crippen LogP contribution in [-0.4, -0.2) is 24.6 Å². The molecule has 5 nitrogen and oxygen atoms in total. The van der Waals surface area contributed by atoms with Gasteiger partial charge in [0.1, 0.15) is 0 Å². The number of ether oxygens (including phenoxy) is 2. The van der Waals surface area contributed by atoms with E-state index in [0.717, 1.165) is 0 Å². The predicted octanol–water partition coefficient (Wildman–Crippen LogP) is 1.50. The van der Waals surface area contributed by atoms with Gasteiger partial charge in [-0.15, -0.1) is 0 Å². The molecule has 90 valence electrons. The lowest BCUT2D eigenvalue weighted by atomic mass is 10.2. The highest BCUT2D eigenvalue weighted by molar-refractivity contribution is 9.10. The van der Waals surface area contributed by atoms with Gasteiger partial charge >= 0.3 is 11.9 Å². The minimum absolute atomic E-state index is 0.291. The van der Waals surface area contributed by atoms with Crippen LogP contribution in [-0.2, 0) is 14.3 Å². The SMILES string of the molecule is Nc1cc(C(=O)OC2CCOC2=O)ccc1Br. The van der Waals surface area contributed by atoms with Crippen molar-refractivity contribution in [3.05, 3.63) is 28.2 Å². The predicted molar refractivity (Wildman–Crippen MR) is 63.3 cm³/mol. The number of rotatable bonds is 2. The highest BCUT2D eigenvalue weighted by atomic mass is 79.9. The molecule has 1 unspecified atom stereocenters. The fourth-order valence-electron chi connectivity index (χ4n) is 1.45. The van der Waals surface area contributed by atoms with Crippen LogP contribution in [0.4, 0.5) is 5.69 Å². The van der Waals surface area contributed by atoms with Gasteiger partial charge in [-0.05, 0) is 34.1 Å². The average Bonchev–Trinajstić information content (AvgIpc) is 2.68. The smallest absolute Gasteiger partial charge is 0.347 e. The Balaban J connectivity index is 2.09. The van der Waals surface area contributed by atoms with Gasteiger partial charge in [-0.2, -0.15) is 0 Å². The zero-order valence-electron chi connectivity index (χ0n) is 8.81. The number of nitrogens with two attached hydrogens (primary N) is 1. The number of esters is 2. The quantitative estimate of drug-likeness (QED) is 0.661. The van der Waals surface area contributed by atoms with Gasteiger partial charge in [0.25, 0.3) is 0 Å². The van der Waals surface area contributed by atoms with E-state index >= 15 is 0 Å². The molecule has 2 rings (SSSR count). The van der Waals surface area contributed by atoms with E-state index in [1.165, 1.54) is 6.07 Å². The number of anilines is 1. The number of carbonyl (C=O) groups is 2. The highest BCUT2D eigenvalue weighted by Crippen LogP contribution is 2.21. The Bertz CT molecular complexity index is 475. The van der Waals surface area contributed by atoms with E-state index < -0.39 is 18.0 Å². The molecule has 0 amide bonds. The Labute approximate surface area is 106 Å². The first kappa shape index (κ1) is 11.9. The largest absolute Gasteiger partial charge is 0.463 e. The molecular formula is C11H10BrNO4. The molecule has 0 radical (unpaired) electrons. The summed E-state index contributed by atoms with van der Waals surface area (Å²) in [4.78, 5) is 22.8. The van der Waals surface area contributed by atoms with Gasteiger partial charge in [0.05, 0.1) is 12.2 Å². The Hall–Kier alpha value is -1.56. The normalized spacial score (nSPS) is 18.9. The van der Waals surface area contributed by atoms with Crippen LogP contribution < -0.4 is 5.73 Å². The molecule has 17 heavy (non-hydrogen) atoms. The van der Waals surface area contributed by atoms with Crippen molar-refractivity contribution < 1.29 is 19.1 Å². The van der Waals surface area contributed by atoms with Crippen molar-refractivity contribution >= 4 is 33.6 Å². The maximum atomic E-state index is 11.7. The number of hydrogen-bond donors (Lipinski definition) is 1. The van der Waals surface area contributed by atoms with Crippen LogP contribution in [0, 0.1) is 0 Å². The summed E-state index contributed by atoms with van der Waals surface area (Å²) in [5, 5.41) is 0. The number of cyclic esters (lactones) is 1. The maximum Gasteiger partial charge on any atom is 0.347 e. The molecule has 1 saturated heterocycles. The Morgan fingerprint density at radius 2 is 2.29 bits per heavy atom. The van der Waals surface area contributed by atoms with E-state index in [1.807, 2.05) is 0 Å². The Morgan fingerprint density at radius 1 is 1.53 bits per heavy atom. The summed E-state index contributed by atoms with van der Waals surface area (Å²) in [6.07, 6.45) is -0.399. The lowest BCUT2D eigenvalue weighted by Gasteiger charge is -2.08. The van der Waals surface area contributed by atoms with Gasteiger partial charge < -0.3 is 15.2 Å². The van der Waals surface area contributed by atoms with Crippen LogP contribution in [0.2, 0.25) is 0 Å². The molecule has 0 spiro atoms. The number of carbonyl (C=O) groups excluding carboxylic acids is 2. The first-order chi connectivity index (χ1) is 8.08. The molecule has 1 atom stereocenters. The third-order valence-electron chi connectivity index (χ3n) is 2.37. The first-order valence-corrected chi connectivity index (χ1v) is 5.80. The molecule has 0 aromatic heterocycles. The fourth-order valence-corrected chi connectivity index (χ4v) is 1.70. The molecule has 1 aliphatic heterocycles. The third kappa shape index (κ3) is 2.58. The topological polar surface area (TPSA) is 78.6 Å². The molecule has 1 aromatic rings. The van der Waals surface area contributed by atoms with Gasteiger partial charge in [0.2, 0.25) is 6.10 Å². The maximum absolute atomic E-state index is 11.7. The number of nitrogen functional groups attached to an aromatic ring is 1. The van der Waals surface area contributed by atoms with E-state index in [-0.39, 0.29) is 0 Å². The highest BCUT2D eigenvalue weighted by Gasteiger charge is 2.30. The molecule has 2 N–H and O–H groups in total. The van der Waals surface area contributed by atoms with Gasteiger partial charge in [-0.3, -0.25) is 0 Å². The van der Waals surface area contributed by atoms with E-state index in [1.54, 1.807) is 12.1 Å². The van der Waals surface area contributed by atoms with E-state index in [2.05, 4.69) is 15.9 Å². The molecule has 1 fully saturated rings. The van der Waals surface area contributed by atoms with Crippen LogP contribution in [0.25, 0.3) is 0 Å². The molecule has 0 saturated carbocycles. The van der Waals surface area contributed by atoms with Crippen LogP contribution in [0.15, 0.2) is 22.7 Å². The van der Waals surface area contributed by atoms with Gasteiger partial charge in [-0.25, -0.2) is 9.59 Å². The minimum Gasteiger partial charge on any atom is -0.463 e. The first-order valence-electron chi connectivity index (χ1n) is 5.00. The summed E-state index contributed by atoms with van der Waals surface area (Å²) in [7, 11) is 0. The molecular weight excluding hydrogens is 290 g/mol. The average molecular weight is 300 g/mol. The zero-order valence-corrected chi connectivity index (χ0v) is 10.4. The van der Waals surface area contributed by atoms with Gasteiger partial charge in [0.15, 0.2) is 0 Å². The molecule has 0 aliphatic carbocycles. The second kappa shape index (κ2) is 4.75. The monoisotopic (exact) mass is 299 g/mol. The summed E-state index contributed by atoms with van der Waals surface area (Å²) < 4.78 is 10.4. The van der Waals surface area contributed by atoms with Crippen molar-refractivity contribution in [2.24, 2.45) is 0 Å². The number of halogens is 1. The van der Waals surface area contributed by atoms with Crippen LogP contribution in [0.3, 0.4) is 0 Å². The number of benzene rings is 1. The van der Waals surface area contributed by atoms with Crippen molar-refractivity contribution in [1.29, 1.82) is 0 Å². The van der Waals surface area contributed by atoms with Crippen LogP contribution >= 0.6 is 15.9 Å². The van der Waals surface area contributed by atoms with Crippen molar-refractivity contribution in [3.63, 3.8) is 0 Å². The van der Waals surface area contributed by atoms with Crippen molar-refractivity contribution in [1.82, 2.24) is 0 Å². The molecule has 6 heteroatoms. The molecule has 1 heterocycles.